The van der Waals surface area contributed by atoms with Crippen LogP contribution in [0, 0.1) is 13.8 Å². The summed E-state index contributed by atoms with van der Waals surface area (Å²) in [5, 5.41) is 0. The maximum absolute atomic E-state index is 12.7. The number of ether oxygens (including phenoxy) is 1. The number of aromatic amines is 1. The van der Waals surface area contributed by atoms with Crippen molar-refractivity contribution >= 4 is 27.5 Å². The number of carbonyl (C=O) groups excluding carboxylic acids is 3. The largest absolute Gasteiger partial charge is 0.448 e. The molecule has 150 valence electrons. The summed E-state index contributed by atoms with van der Waals surface area (Å²) in [7, 11) is -3.13. The lowest BCUT2D eigenvalue weighted by Crippen LogP contribution is -2.46. The number of Topliss-reactive ketones (excluding diaryl/α,β-unsaturated/α-hetero) is 1. The Kier molecular flexibility index (Phi) is 6.14. The fraction of sp³-hybridized carbons (Fsp3) is 0.611. The van der Waals surface area contributed by atoms with E-state index in [2.05, 4.69) is 4.98 Å². The number of likely N-dealkylation sites (N-methyl/N-ethyl adjacent to an activating group) is 1. The Hall–Kier alpha value is -2.16. The average molecular weight is 398 g/mol. The summed E-state index contributed by atoms with van der Waals surface area (Å²) in [6.07, 6.45) is -0.677. The zero-order chi connectivity index (χ0) is 20.5. The third-order valence-electron chi connectivity index (χ3n) is 4.90. The molecule has 27 heavy (non-hydrogen) atoms. The van der Waals surface area contributed by atoms with E-state index >= 15 is 0 Å². The number of nitrogens with zero attached hydrogens (tertiary/aromatic N) is 1. The molecule has 0 aliphatic carbocycles. The fourth-order valence-corrected chi connectivity index (χ4v) is 5.33. The van der Waals surface area contributed by atoms with Gasteiger partial charge in [-0.1, -0.05) is 0 Å². The molecule has 1 aliphatic heterocycles. The van der Waals surface area contributed by atoms with Crippen LogP contribution in [0.15, 0.2) is 0 Å². The summed E-state index contributed by atoms with van der Waals surface area (Å²) in [5.74, 6) is -1.32. The van der Waals surface area contributed by atoms with Gasteiger partial charge in [0, 0.05) is 23.8 Å². The van der Waals surface area contributed by atoms with Gasteiger partial charge >= 0.3 is 5.97 Å². The van der Waals surface area contributed by atoms with Crippen molar-refractivity contribution < 1.29 is 27.5 Å². The summed E-state index contributed by atoms with van der Waals surface area (Å²) < 4.78 is 28.7. The minimum atomic E-state index is -3.13. The molecule has 2 atom stereocenters. The SMILES string of the molecule is CCN(C(=O)[C@@H](C)OC(=O)c1[nH]c(C)c(C(C)=O)c1C)[C@@H]1CCS(=O)(=O)C1. The Bertz CT molecular complexity index is 871. The monoisotopic (exact) mass is 398 g/mol. The van der Waals surface area contributed by atoms with Crippen LogP contribution >= 0.6 is 0 Å². The molecule has 0 spiro atoms. The van der Waals surface area contributed by atoms with E-state index in [9.17, 15) is 22.8 Å². The van der Waals surface area contributed by atoms with Crippen LogP contribution in [-0.4, -0.2) is 66.2 Å². The van der Waals surface area contributed by atoms with Crippen molar-refractivity contribution in [2.75, 3.05) is 18.1 Å². The molecule has 1 fully saturated rings. The fourth-order valence-electron chi connectivity index (χ4n) is 3.60. The molecule has 0 saturated carbocycles. The number of esters is 1. The lowest BCUT2D eigenvalue weighted by molar-refractivity contribution is -0.141. The molecule has 0 bridgehead atoms. The van der Waals surface area contributed by atoms with Gasteiger partial charge in [0.15, 0.2) is 21.7 Å². The predicted octanol–water partition coefficient (Wildman–Crippen LogP) is 1.42. The second kappa shape index (κ2) is 7.84. The highest BCUT2D eigenvalue weighted by atomic mass is 32.2. The van der Waals surface area contributed by atoms with Gasteiger partial charge in [-0.05, 0) is 46.6 Å². The van der Waals surface area contributed by atoms with Crippen LogP contribution in [0.3, 0.4) is 0 Å². The highest BCUT2D eigenvalue weighted by Gasteiger charge is 2.36. The number of hydrogen-bond donors (Lipinski definition) is 1. The second-order valence-electron chi connectivity index (χ2n) is 6.91. The van der Waals surface area contributed by atoms with Crippen LogP contribution < -0.4 is 0 Å². The van der Waals surface area contributed by atoms with Gasteiger partial charge < -0.3 is 14.6 Å². The third-order valence-corrected chi connectivity index (χ3v) is 6.65. The quantitative estimate of drug-likeness (QED) is 0.573. The number of H-pyrrole nitrogens is 1. The van der Waals surface area contributed by atoms with Gasteiger partial charge in [-0.3, -0.25) is 9.59 Å². The lowest BCUT2D eigenvalue weighted by Gasteiger charge is -2.29. The van der Waals surface area contributed by atoms with Crippen LogP contribution in [0.2, 0.25) is 0 Å². The van der Waals surface area contributed by atoms with E-state index in [-0.39, 0.29) is 23.0 Å². The molecule has 8 nitrogen and oxygen atoms in total. The van der Waals surface area contributed by atoms with Crippen LogP contribution in [0.5, 0.6) is 0 Å². The number of ketones is 1. The van der Waals surface area contributed by atoms with Crippen LogP contribution in [-0.2, 0) is 19.4 Å². The van der Waals surface area contributed by atoms with Gasteiger partial charge in [0.25, 0.3) is 5.91 Å². The van der Waals surface area contributed by atoms with E-state index in [4.69, 9.17) is 4.74 Å². The molecule has 0 aromatic carbocycles. The van der Waals surface area contributed by atoms with Gasteiger partial charge in [0.1, 0.15) is 5.69 Å². The minimum Gasteiger partial charge on any atom is -0.448 e. The molecule has 9 heteroatoms. The molecule has 1 amide bonds. The summed E-state index contributed by atoms with van der Waals surface area (Å²) in [4.78, 5) is 41.2. The summed E-state index contributed by atoms with van der Waals surface area (Å²) in [5.41, 5.74) is 1.63. The molecular weight excluding hydrogens is 372 g/mol. The number of amides is 1. The van der Waals surface area contributed by atoms with Gasteiger partial charge in [-0.15, -0.1) is 0 Å². The first-order chi connectivity index (χ1) is 12.5. The smallest absolute Gasteiger partial charge is 0.355 e. The maximum atomic E-state index is 12.7. The molecule has 1 saturated heterocycles. The zero-order valence-corrected chi connectivity index (χ0v) is 17.1. The van der Waals surface area contributed by atoms with Crippen molar-refractivity contribution in [2.45, 2.75) is 53.2 Å². The van der Waals surface area contributed by atoms with Crippen molar-refractivity contribution in [2.24, 2.45) is 0 Å². The van der Waals surface area contributed by atoms with Gasteiger partial charge in [-0.25, -0.2) is 13.2 Å². The molecule has 0 unspecified atom stereocenters. The first-order valence-electron chi connectivity index (χ1n) is 8.90. The Balaban J connectivity index is 2.13. The van der Waals surface area contributed by atoms with Gasteiger partial charge in [0.05, 0.1) is 11.5 Å². The molecule has 0 radical (unpaired) electrons. The normalized spacial score (nSPS) is 19.5. The molecule has 1 aromatic rings. The van der Waals surface area contributed by atoms with Crippen molar-refractivity contribution in [3.8, 4) is 0 Å². The lowest BCUT2D eigenvalue weighted by atomic mass is 10.1. The van der Waals surface area contributed by atoms with E-state index < -0.39 is 33.9 Å². The van der Waals surface area contributed by atoms with Crippen LogP contribution in [0.25, 0.3) is 0 Å². The van der Waals surface area contributed by atoms with E-state index in [1.54, 1.807) is 20.8 Å². The maximum Gasteiger partial charge on any atom is 0.355 e. The number of aryl methyl sites for hydroxylation is 1. The van der Waals surface area contributed by atoms with Gasteiger partial charge in [-0.2, -0.15) is 0 Å². The minimum absolute atomic E-state index is 0.0599. The number of carbonyl (C=O) groups is 3. The van der Waals surface area contributed by atoms with E-state index in [1.165, 1.54) is 18.7 Å². The molecule has 1 aliphatic rings. The first-order valence-corrected chi connectivity index (χ1v) is 10.7. The Morgan fingerprint density at radius 3 is 2.37 bits per heavy atom. The summed E-state index contributed by atoms with van der Waals surface area (Å²) >= 11 is 0. The third kappa shape index (κ3) is 4.40. The van der Waals surface area contributed by atoms with E-state index in [0.717, 1.165) is 0 Å². The van der Waals surface area contributed by atoms with Crippen LogP contribution in [0.4, 0.5) is 0 Å². The van der Waals surface area contributed by atoms with E-state index in [0.29, 0.717) is 29.8 Å². The number of sulfone groups is 1. The zero-order valence-electron chi connectivity index (χ0n) is 16.3. The van der Waals surface area contributed by atoms with Gasteiger partial charge in [0.2, 0.25) is 0 Å². The Morgan fingerprint density at radius 2 is 1.93 bits per heavy atom. The molecule has 1 N–H and O–H groups in total. The predicted molar refractivity (Wildman–Crippen MR) is 99.6 cm³/mol. The van der Waals surface area contributed by atoms with Crippen molar-refractivity contribution in [3.05, 3.63) is 22.5 Å². The van der Waals surface area contributed by atoms with Crippen molar-refractivity contribution in [1.82, 2.24) is 9.88 Å². The topological polar surface area (TPSA) is 114 Å². The second-order valence-corrected chi connectivity index (χ2v) is 9.14. The number of nitrogens with one attached hydrogen (secondary N) is 1. The Morgan fingerprint density at radius 1 is 1.30 bits per heavy atom. The average Bonchev–Trinajstić information content (AvgIpc) is 3.06. The van der Waals surface area contributed by atoms with Crippen molar-refractivity contribution in [3.63, 3.8) is 0 Å². The summed E-state index contributed by atoms with van der Waals surface area (Å²) in [6.45, 7) is 8.30. The number of hydrogen-bond acceptors (Lipinski definition) is 6. The van der Waals surface area contributed by atoms with Crippen molar-refractivity contribution in [1.29, 1.82) is 0 Å². The highest BCUT2D eigenvalue weighted by Crippen LogP contribution is 2.21. The standard InChI is InChI=1S/C18H26N2O6S/c1-6-20(14-7-8-27(24,25)9-14)17(22)13(5)26-18(23)16-10(2)15(12(4)21)11(3)19-16/h13-14,19H,6-9H2,1-5H3/t13-,14-/m1/s1. The van der Waals surface area contributed by atoms with Crippen LogP contribution in [0.1, 0.15) is 59.3 Å². The molecule has 1 aromatic heterocycles. The number of rotatable bonds is 6. The first kappa shape index (κ1) is 21.1. The molecular formula is C18H26N2O6S. The molecule has 2 heterocycles. The van der Waals surface area contributed by atoms with E-state index in [1.807, 2.05) is 0 Å². The number of aromatic nitrogens is 1. The summed E-state index contributed by atoms with van der Waals surface area (Å²) in [6, 6.07) is -0.396. The highest BCUT2D eigenvalue weighted by molar-refractivity contribution is 7.91. The Labute approximate surface area is 159 Å². The molecule has 2 rings (SSSR count).